The highest BCUT2D eigenvalue weighted by Crippen LogP contribution is 2.36. The Morgan fingerprint density at radius 3 is 2.79 bits per heavy atom. The Labute approximate surface area is 177 Å². The third kappa shape index (κ3) is 3.95. The van der Waals surface area contributed by atoms with Crippen LogP contribution < -0.4 is 5.32 Å². The molecule has 3 nitrogen and oxygen atoms in total. The highest BCUT2D eigenvalue weighted by molar-refractivity contribution is 9.10. The highest BCUT2D eigenvalue weighted by Gasteiger charge is 2.28. The summed E-state index contributed by atoms with van der Waals surface area (Å²) in [7, 11) is 0. The number of carbonyl (C=O) groups is 1. The Bertz CT molecular complexity index is 1090. The standard InChI is InChI=1S/C23H23BrF2N2O/c1-13(2)23(29)27-17-6-7-21-18(11-17)19-9-15(24)10-20(26)22(19)28(21)12-14-4-3-5-16(25)8-14/h3-5,8-10,13,17H,6-7,11-12H2,1-2H3,(H,27,29). The van der Waals surface area contributed by atoms with E-state index in [0.717, 1.165) is 35.0 Å². The number of fused-ring (bicyclic) bond motifs is 3. The highest BCUT2D eigenvalue weighted by atomic mass is 79.9. The molecule has 0 radical (unpaired) electrons. The monoisotopic (exact) mass is 460 g/mol. The number of rotatable bonds is 4. The summed E-state index contributed by atoms with van der Waals surface area (Å²) in [6, 6.07) is 9.86. The van der Waals surface area contributed by atoms with Crippen LogP contribution in [0.1, 0.15) is 37.1 Å². The Kier molecular flexibility index (Phi) is 5.47. The average Bonchev–Trinajstić information content (AvgIpc) is 2.95. The lowest BCUT2D eigenvalue weighted by atomic mass is 9.91. The van der Waals surface area contributed by atoms with Crippen molar-refractivity contribution in [2.75, 3.05) is 0 Å². The van der Waals surface area contributed by atoms with Crippen LogP contribution >= 0.6 is 15.9 Å². The molecule has 0 fully saturated rings. The number of aromatic nitrogens is 1. The summed E-state index contributed by atoms with van der Waals surface area (Å²) in [6.07, 6.45) is 2.20. The Morgan fingerprint density at radius 1 is 1.28 bits per heavy atom. The Balaban J connectivity index is 1.78. The Morgan fingerprint density at radius 2 is 2.07 bits per heavy atom. The maximum atomic E-state index is 15.0. The molecule has 1 amide bonds. The van der Waals surface area contributed by atoms with Crippen molar-refractivity contribution < 1.29 is 13.6 Å². The van der Waals surface area contributed by atoms with Gasteiger partial charge in [0.25, 0.3) is 0 Å². The molecule has 6 heteroatoms. The van der Waals surface area contributed by atoms with E-state index in [1.54, 1.807) is 6.07 Å². The van der Waals surface area contributed by atoms with Gasteiger partial charge >= 0.3 is 0 Å². The molecule has 0 spiro atoms. The van der Waals surface area contributed by atoms with Crippen LogP contribution in [0.4, 0.5) is 8.78 Å². The van der Waals surface area contributed by atoms with Crippen molar-refractivity contribution in [3.8, 4) is 0 Å². The average molecular weight is 461 g/mol. The summed E-state index contributed by atoms with van der Waals surface area (Å²) in [5.41, 5.74) is 3.47. The van der Waals surface area contributed by atoms with E-state index in [1.807, 2.05) is 30.5 Å². The van der Waals surface area contributed by atoms with E-state index in [-0.39, 0.29) is 29.5 Å². The molecule has 2 aromatic carbocycles. The number of carbonyl (C=O) groups excluding carboxylic acids is 1. The van der Waals surface area contributed by atoms with Gasteiger partial charge in [0.15, 0.2) is 0 Å². The predicted octanol–water partition coefficient (Wildman–Crippen LogP) is 5.36. The van der Waals surface area contributed by atoms with Crippen molar-refractivity contribution in [1.82, 2.24) is 9.88 Å². The summed E-state index contributed by atoms with van der Waals surface area (Å²) in [5.74, 6) is -0.637. The molecule has 1 aliphatic carbocycles. The summed E-state index contributed by atoms with van der Waals surface area (Å²) in [5, 5.41) is 3.97. The molecule has 3 aromatic rings. The SMILES string of the molecule is CC(C)C(=O)NC1CCc2c(c3cc(Br)cc(F)c3n2Cc2cccc(F)c2)C1. The van der Waals surface area contributed by atoms with Crippen molar-refractivity contribution in [1.29, 1.82) is 0 Å². The number of nitrogens with zero attached hydrogens (tertiary/aromatic N) is 1. The minimum absolute atomic E-state index is 0.0349. The smallest absolute Gasteiger partial charge is 0.222 e. The lowest BCUT2D eigenvalue weighted by Crippen LogP contribution is -2.41. The normalized spacial score (nSPS) is 16.3. The quantitative estimate of drug-likeness (QED) is 0.558. The first-order valence-electron chi connectivity index (χ1n) is 9.87. The first-order valence-corrected chi connectivity index (χ1v) is 10.7. The molecule has 1 unspecified atom stereocenters. The van der Waals surface area contributed by atoms with E-state index < -0.39 is 0 Å². The van der Waals surface area contributed by atoms with Gasteiger partial charge in [0.2, 0.25) is 5.91 Å². The second-order valence-corrected chi connectivity index (χ2v) is 8.94. The summed E-state index contributed by atoms with van der Waals surface area (Å²) >= 11 is 3.40. The van der Waals surface area contributed by atoms with E-state index in [1.165, 1.54) is 18.2 Å². The van der Waals surface area contributed by atoms with Gasteiger partial charge < -0.3 is 9.88 Å². The van der Waals surface area contributed by atoms with Crippen LogP contribution in [0.3, 0.4) is 0 Å². The van der Waals surface area contributed by atoms with Gasteiger partial charge in [-0.1, -0.05) is 41.9 Å². The van der Waals surface area contributed by atoms with E-state index in [9.17, 15) is 13.6 Å². The van der Waals surface area contributed by atoms with E-state index in [2.05, 4.69) is 21.2 Å². The van der Waals surface area contributed by atoms with Crippen molar-refractivity contribution in [3.05, 3.63) is 69.3 Å². The van der Waals surface area contributed by atoms with Crippen LogP contribution in [0.2, 0.25) is 0 Å². The van der Waals surface area contributed by atoms with Gasteiger partial charge in [-0.15, -0.1) is 0 Å². The minimum Gasteiger partial charge on any atom is -0.353 e. The largest absolute Gasteiger partial charge is 0.353 e. The lowest BCUT2D eigenvalue weighted by molar-refractivity contribution is -0.124. The molecule has 1 atom stereocenters. The molecule has 0 saturated heterocycles. The van der Waals surface area contributed by atoms with Gasteiger partial charge in [0, 0.05) is 34.1 Å². The molecule has 1 N–H and O–H groups in total. The zero-order valence-electron chi connectivity index (χ0n) is 16.4. The molecule has 1 heterocycles. The van der Waals surface area contributed by atoms with Crippen LogP contribution in [0.5, 0.6) is 0 Å². The molecular weight excluding hydrogens is 438 g/mol. The van der Waals surface area contributed by atoms with Crippen molar-refractivity contribution >= 4 is 32.7 Å². The summed E-state index contributed by atoms with van der Waals surface area (Å²) in [6.45, 7) is 4.16. The molecule has 0 aliphatic heterocycles. The van der Waals surface area contributed by atoms with Gasteiger partial charge in [-0.25, -0.2) is 8.78 Å². The van der Waals surface area contributed by atoms with Crippen molar-refractivity contribution in [2.24, 2.45) is 5.92 Å². The molecule has 0 saturated carbocycles. The summed E-state index contributed by atoms with van der Waals surface area (Å²) < 4.78 is 31.3. The molecule has 4 rings (SSSR count). The third-order valence-electron chi connectivity index (χ3n) is 5.58. The predicted molar refractivity (Wildman–Crippen MR) is 114 cm³/mol. The number of hydrogen-bond donors (Lipinski definition) is 1. The number of hydrogen-bond acceptors (Lipinski definition) is 1. The number of nitrogens with one attached hydrogen (secondary N) is 1. The number of amides is 1. The van der Waals surface area contributed by atoms with E-state index in [4.69, 9.17) is 0 Å². The zero-order valence-corrected chi connectivity index (χ0v) is 18.0. The van der Waals surface area contributed by atoms with Crippen LogP contribution in [0.15, 0.2) is 40.9 Å². The number of halogens is 3. The fourth-order valence-electron chi connectivity index (χ4n) is 4.18. The van der Waals surface area contributed by atoms with Crippen LogP contribution in [-0.4, -0.2) is 16.5 Å². The molecule has 1 aromatic heterocycles. The van der Waals surface area contributed by atoms with Crippen LogP contribution in [-0.2, 0) is 24.2 Å². The Hall–Kier alpha value is -2.21. The topological polar surface area (TPSA) is 34.0 Å². The van der Waals surface area contributed by atoms with Crippen molar-refractivity contribution in [2.45, 2.75) is 45.7 Å². The fourth-order valence-corrected chi connectivity index (χ4v) is 4.61. The first-order chi connectivity index (χ1) is 13.8. The van der Waals surface area contributed by atoms with E-state index in [0.29, 0.717) is 23.0 Å². The minimum atomic E-state index is -0.303. The van der Waals surface area contributed by atoms with E-state index >= 15 is 0 Å². The van der Waals surface area contributed by atoms with Gasteiger partial charge in [0.1, 0.15) is 11.6 Å². The molecule has 0 bridgehead atoms. The fraction of sp³-hybridized carbons (Fsp3) is 0.348. The maximum absolute atomic E-state index is 15.0. The molecular formula is C23H23BrF2N2O. The maximum Gasteiger partial charge on any atom is 0.222 e. The van der Waals surface area contributed by atoms with Gasteiger partial charge in [-0.2, -0.15) is 0 Å². The van der Waals surface area contributed by atoms with Gasteiger partial charge in [-0.05, 0) is 54.7 Å². The zero-order chi connectivity index (χ0) is 20.7. The molecule has 1 aliphatic rings. The molecule has 29 heavy (non-hydrogen) atoms. The first kappa shape index (κ1) is 20.1. The number of benzene rings is 2. The molecule has 152 valence electrons. The summed E-state index contributed by atoms with van der Waals surface area (Å²) in [4.78, 5) is 12.2. The third-order valence-corrected chi connectivity index (χ3v) is 6.04. The van der Waals surface area contributed by atoms with Crippen LogP contribution in [0.25, 0.3) is 10.9 Å². The lowest BCUT2D eigenvalue weighted by Gasteiger charge is -2.26. The van der Waals surface area contributed by atoms with Gasteiger partial charge in [0.05, 0.1) is 5.52 Å². The van der Waals surface area contributed by atoms with Gasteiger partial charge in [-0.3, -0.25) is 4.79 Å². The second-order valence-electron chi connectivity index (χ2n) is 8.03. The van der Waals surface area contributed by atoms with Crippen LogP contribution in [0, 0.1) is 17.6 Å². The van der Waals surface area contributed by atoms with Crippen molar-refractivity contribution in [3.63, 3.8) is 0 Å². The second kappa shape index (κ2) is 7.90.